The van der Waals surface area contributed by atoms with Gasteiger partial charge in [-0.15, -0.1) is 0 Å². The Labute approximate surface area is 138 Å². The van der Waals surface area contributed by atoms with Crippen molar-refractivity contribution in [3.8, 4) is 5.75 Å². The van der Waals surface area contributed by atoms with Crippen molar-refractivity contribution in [2.24, 2.45) is 0 Å². The van der Waals surface area contributed by atoms with Crippen LogP contribution in [0, 0.1) is 0 Å². The molecule has 22 heavy (non-hydrogen) atoms. The molecule has 0 radical (unpaired) electrons. The molecule has 1 aromatic carbocycles. The summed E-state index contributed by atoms with van der Waals surface area (Å²) in [6.07, 6.45) is 1.22. The van der Waals surface area contributed by atoms with Gasteiger partial charge in [0, 0.05) is 6.54 Å². The Morgan fingerprint density at radius 3 is 2.77 bits per heavy atom. The van der Waals surface area contributed by atoms with Gasteiger partial charge < -0.3 is 14.7 Å². The predicted molar refractivity (Wildman–Crippen MR) is 83.5 cm³/mol. The van der Waals surface area contributed by atoms with Crippen molar-refractivity contribution in [3.63, 3.8) is 0 Å². The molecule has 1 aliphatic heterocycles. The monoisotopic (exact) mass is 345 g/mol. The van der Waals surface area contributed by atoms with Crippen LogP contribution in [0.1, 0.15) is 26.2 Å². The molecule has 5 nitrogen and oxygen atoms in total. The maximum atomic E-state index is 12.5. The van der Waals surface area contributed by atoms with Crippen LogP contribution < -0.4 is 4.74 Å². The highest BCUT2D eigenvalue weighted by Gasteiger charge is 2.34. The second-order valence-electron chi connectivity index (χ2n) is 5.19. The highest BCUT2D eigenvalue weighted by Crippen LogP contribution is 2.32. The van der Waals surface area contributed by atoms with Crippen molar-refractivity contribution >= 4 is 35.1 Å². The van der Waals surface area contributed by atoms with Crippen molar-refractivity contribution in [3.05, 3.63) is 28.2 Å². The van der Waals surface area contributed by atoms with Gasteiger partial charge in [-0.25, -0.2) is 4.79 Å². The normalized spacial score (nSPS) is 19.6. The van der Waals surface area contributed by atoms with E-state index in [1.165, 1.54) is 4.90 Å². The summed E-state index contributed by atoms with van der Waals surface area (Å²) >= 11 is 11.9. The number of carbonyl (C=O) groups is 2. The average molecular weight is 346 g/mol. The summed E-state index contributed by atoms with van der Waals surface area (Å²) in [6, 6.07) is 4.11. The van der Waals surface area contributed by atoms with E-state index < -0.39 is 18.1 Å². The van der Waals surface area contributed by atoms with Crippen LogP contribution in [0.15, 0.2) is 18.2 Å². The van der Waals surface area contributed by atoms with Gasteiger partial charge in [0.05, 0.1) is 5.02 Å². The maximum Gasteiger partial charge on any atom is 0.326 e. The predicted octanol–water partition coefficient (Wildman–Crippen LogP) is 3.23. The van der Waals surface area contributed by atoms with Crippen LogP contribution >= 0.6 is 23.2 Å². The minimum atomic E-state index is -0.985. The molecule has 1 saturated heterocycles. The summed E-state index contributed by atoms with van der Waals surface area (Å²) in [4.78, 5) is 25.1. The van der Waals surface area contributed by atoms with Gasteiger partial charge in [-0.05, 0) is 38.3 Å². The van der Waals surface area contributed by atoms with Crippen molar-refractivity contribution in [2.75, 3.05) is 6.54 Å². The molecule has 1 N–H and O–H groups in total. The smallest absolute Gasteiger partial charge is 0.326 e. The summed E-state index contributed by atoms with van der Waals surface area (Å²) in [7, 11) is 0. The van der Waals surface area contributed by atoms with E-state index in [2.05, 4.69) is 0 Å². The van der Waals surface area contributed by atoms with Crippen LogP contribution in [0.25, 0.3) is 0 Å². The molecule has 0 spiro atoms. The molecule has 7 heteroatoms. The number of amides is 1. The van der Waals surface area contributed by atoms with Crippen LogP contribution in [0.2, 0.25) is 10.0 Å². The molecule has 0 saturated carbocycles. The first kappa shape index (κ1) is 16.9. The Kier molecular flexibility index (Phi) is 5.53. The molecule has 1 fully saturated rings. The third-order valence-electron chi connectivity index (χ3n) is 3.64. The Hall–Kier alpha value is -1.46. The number of piperidine rings is 1. The van der Waals surface area contributed by atoms with E-state index in [0.29, 0.717) is 23.7 Å². The molecule has 2 atom stereocenters. The van der Waals surface area contributed by atoms with Crippen LogP contribution in [0.5, 0.6) is 5.75 Å². The summed E-state index contributed by atoms with van der Waals surface area (Å²) < 4.78 is 5.57. The van der Waals surface area contributed by atoms with Gasteiger partial charge in [-0.3, -0.25) is 4.79 Å². The lowest BCUT2D eigenvalue weighted by atomic mass is 10.0. The lowest BCUT2D eigenvalue weighted by Crippen LogP contribution is -2.52. The fraction of sp³-hybridized carbons (Fsp3) is 0.467. The number of halogens is 2. The molecule has 0 aromatic heterocycles. The number of hydrogen-bond donors (Lipinski definition) is 1. The first-order chi connectivity index (χ1) is 10.4. The highest BCUT2D eigenvalue weighted by atomic mass is 35.5. The first-order valence-corrected chi connectivity index (χ1v) is 7.81. The Balaban J connectivity index is 2.11. The van der Waals surface area contributed by atoms with Crippen molar-refractivity contribution < 1.29 is 19.4 Å². The zero-order chi connectivity index (χ0) is 16.3. The van der Waals surface area contributed by atoms with Crippen LogP contribution in [0.3, 0.4) is 0 Å². The van der Waals surface area contributed by atoms with E-state index in [1.807, 2.05) is 0 Å². The fourth-order valence-electron chi connectivity index (χ4n) is 2.50. The molecule has 1 aliphatic rings. The van der Waals surface area contributed by atoms with Crippen molar-refractivity contribution in [1.29, 1.82) is 0 Å². The Bertz CT molecular complexity index is 579. The van der Waals surface area contributed by atoms with Gasteiger partial charge in [0.2, 0.25) is 0 Å². The summed E-state index contributed by atoms with van der Waals surface area (Å²) in [5.41, 5.74) is 0. The van der Waals surface area contributed by atoms with E-state index in [1.54, 1.807) is 25.1 Å². The molecule has 0 aliphatic carbocycles. The van der Waals surface area contributed by atoms with E-state index in [-0.39, 0.29) is 10.9 Å². The molecule has 1 heterocycles. The number of likely N-dealkylation sites (tertiary alicyclic amines) is 1. The zero-order valence-corrected chi connectivity index (χ0v) is 13.6. The fourth-order valence-corrected chi connectivity index (χ4v) is 2.84. The second kappa shape index (κ2) is 7.20. The number of rotatable bonds is 4. The lowest BCUT2D eigenvalue weighted by Gasteiger charge is -2.34. The molecular weight excluding hydrogens is 329 g/mol. The number of carboxylic acids is 1. The number of nitrogens with zero attached hydrogens (tertiary/aromatic N) is 1. The van der Waals surface area contributed by atoms with Crippen molar-refractivity contribution in [1.82, 2.24) is 4.90 Å². The summed E-state index contributed by atoms with van der Waals surface area (Å²) in [5, 5.41) is 9.80. The number of carboxylic acid groups (broad SMARTS) is 1. The van der Waals surface area contributed by atoms with Gasteiger partial charge in [-0.1, -0.05) is 29.3 Å². The van der Waals surface area contributed by atoms with Gasteiger partial charge in [0.25, 0.3) is 5.91 Å². The first-order valence-electron chi connectivity index (χ1n) is 7.05. The molecule has 2 rings (SSSR count). The molecule has 1 aromatic rings. The Morgan fingerprint density at radius 2 is 2.09 bits per heavy atom. The second-order valence-corrected chi connectivity index (χ2v) is 5.98. The quantitative estimate of drug-likeness (QED) is 0.909. The van der Waals surface area contributed by atoms with E-state index in [4.69, 9.17) is 27.9 Å². The number of aliphatic carboxylic acids is 1. The minimum Gasteiger partial charge on any atom is -0.480 e. The zero-order valence-electron chi connectivity index (χ0n) is 12.1. The minimum absolute atomic E-state index is 0.234. The molecule has 0 bridgehead atoms. The third-order valence-corrected chi connectivity index (χ3v) is 4.44. The summed E-state index contributed by atoms with van der Waals surface area (Å²) in [6.45, 7) is 2.00. The van der Waals surface area contributed by atoms with Gasteiger partial charge in [-0.2, -0.15) is 0 Å². The molecule has 120 valence electrons. The van der Waals surface area contributed by atoms with E-state index in [9.17, 15) is 14.7 Å². The van der Waals surface area contributed by atoms with E-state index >= 15 is 0 Å². The van der Waals surface area contributed by atoms with E-state index in [0.717, 1.165) is 12.8 Å². The van der Waals surface area contributed by atoms with Crippen molar-refractivity contribution in [2.45, 2.75) is 38.3 Å². The van der Waals surface area contributed by atoms with Crippen LogP contribution in [-0.2, 0) is 9.59 Å². The number of ether oxygens (including phenoxy) is 1. The highest BCUT2D eigenvalue weighted by molar-refractivity contribution is 6.42. The van der Waals surface area contributed by atoms with Gasteiger partial charge in [0.15, 0.2) is 6.10 Å². The maximum absolute atomic E-state index is 12.5. The largest absolute Gasteiger partial charge is 0.480 e. The van der Waals surface area contributed by atoms with Crippen LogP contribution in [-0.4, -0.2) is 40.6 Å². The number of carbonyl (C=O) groups excluding carboxylic acids is 1. The lowest BCUT2D eigenvalue weighted by molar-refractivity contribution is -0.155. The average Bonchev–Trinajstić information content (AvgIpc) is 2.51. The standard InChI is InChI=1S/C15H17Cl2NO4/c1-9(22-12-7-4-5-10(16)13(12)17)14(19)18-8-3-2-6-11(18)15(20)21/h4-5,7,9,11H,2-3,6,8H2,1H3,(H,20,21)/t9?,11-/m1/s1. The molecule has 1 amide bonds. The van der Waals surface area contributed by atoms with Crippen LogP contribution in [0.4, 0.5) is 0 Å². The number of benzene rings is 1. The molecule has 1 unspecified atom stereocenters. The topological polar surface area (TPSA) is 66.8 Å². The number of hydrogen-bond acceptors (Lipinski definition) is 3. The Morgan fingerprint density at radius 1 is 1.36 bits per heavy atom. The summed E-state index contributed by atoms with van der Waals surface area (Å²) in [5.74, 6) is -1.04. The van der Waals surface area contributed by atoms with Gasteiger partial charge >= 0.3 is 5.97 Å². The van der Waals surface area contributed by atoms with Gasteiger partial charge in [0.1, 0.15) is 16.8 Å². The molecular formula is C15H17Cl2NO4. The third kappa shape index (κ3) is 3.65. The SMILES string of the molecule is CC(Oc1cccc(Cl)c1Cl)C(=O)N1CCCC[C@@H]1C(=O)O.